The predicted molar refractivity (Wildman–Crippen MR) is 79.8 cm³/mol. The molecule has 2 amide bonds. The van der Waals surface area contributed by atoms with Crippen LogP contribution in [0.5, 0.6) is 0 Å². The maximum absolute atomic E-state index is 12.0. The normalized spacial score (nSPS) is 14.1. The van der Waals surface area contributed by atoms with Crippen molar-refractivity contribution in [2.24, 2.45) is 5.73 Å². The molecular weight excluding hydrogens is 328 g/mol. The van der Waals surface area contributed by atoms with Crippen molar-refractivity contribution in [3.63, 3.8) is 0 Å². The summed E-state index contributed by atoms with van der Waals surface area (Å²) in [5.74, 6) is 0.191. The van der Waals surface area contributed by atoms with Gasteiger partial charge in [-0.05, 0) is 23.6 Å². The Kier molecular flexibility index (Phi) is 4.87. The Morgan fingerprint density at radius 3 is 2.89 bits per heavy atom. The third-order valence-electron chi connectivity index (χ3n) is 3.03. The molecule has 0 aromatic heterocycles. The number of carbonyl (C=O) groups is 2. The van der Waals surface area contributed by atoms with Crippen molar-refractivity contribution in [2.45, 2.75) is 13.0 Å². The lowest BCUT2D eigenvalue weighted by Gasteiger charge is -2.29. The van der Waals surface area contributed by atoms with Crippen molar-refractivity contribution < 1.29 is 9.59 Å². The number of amides is 2. The summed E-state index contributed by atoms with van der Waals surface area (Å²) < 4.78 is 1.11. The first-order chi connectivity index (χ1) is 9.08. The Hall–Kier alpha value is -1.01. The minimum Gasteiger partial charge on any atom is -0.369 e. The van der Waals surface area contributed by atoms with Gasteiger partial charge in [-0.1, -0.05) is 28.1 Å². The topological polar surface area (TPSA) is 63.4 Å². The smallest absolute Gasteiger partial charge is 0.232 e. The van der Waals surface area contributed by atoms with Gasteiger partial charge in [0, 0.05) is 17.6 Å². The van der Waals surface area contributed by atoms with Crippen LogP contribution in [0.3, 0.4) is 0 Å². The van der Waals surface area contributed by atoms with E-state index in [1.165, 1.54) is 22.9 Å². The largest absolute Gasteiger partial charge is 0.369 e. The van der Waals surface area contributed by atoms with E-state index in [1.54, 1.807) is 0 Å². The third kappa shape index (κ3) is 3.73. The molecule has 0 spiro atoms. The summed E-state index contributed by atoms with van der Waals surface area (Å²) in [6, 6.07) is 6.06. The Labute approximate surface area is 124 Å². The molecule has 1 aromatic carbocycles. The number of hydrogen-bond donors (Lipinski definition) is 1. The molecule has 19 heavy (non-hydrogen) atoms. The van der Waals surface area contributed by atoms with Crippen LogP contribution in [0.4, 0.5) is 0 Å². The van der Waals surface area contributed by atoms with E-state index >= 15 is 0 Å². The van der Waals surface area contributed by atoms with Crippen molar-refractivity contribution in [2.75, 3.05) is 18.1 Å². The van der Waals surface area contributed by atoms with Crippen LogP contribution in [0.2, 0.25) is 0 Å². The molecule has 4 nitrogen and oxygen atoms in total. The lowest BCUT2D eigenvalue weighted by Crippen LogP contribution is -2.37. The van der Waals surface area contributed by atoms with Gasteiger partial charge in [0.1, 0.15) is 0 Å². The number of hydrogen-bond acceptors (Lipinski definition) is 3. The van der Waals surface area contributed by atoms with E-state index < -0.39 is 0 Å². The molecule has 0 fully saturated rings. The molecule has 1 aromatic rings. The van der Waals surface area contributed by atoms with E-state index in [2.05, 4.69) is 22.0 Å². The second-order valence-electron chi connectivity index (χ2n) is 4.40. The average Bonchev–Trinajstić information content (AvgIpc) is 2.38. The molecule has 0 saturated carbocycles. The van der Waals surface area contributed by atoms with Gasteiger partial charge >= 0.3 is 0 Å². The summed E-state index contributed by atoms with van der Waals surface area (Å²) in [7, 11) is 0. The highest BCUT2D eigenvalue weighted by Gasteiger charge is 2.21. The molecule has 102 valence electrons. The maximum Gasteiger partial charge on any atom is 0.232 e. The summed E-state index contributed by atoms with van der Waals surface area (Å²) in [5.41, 5.74) is 7.52. The fraction of sp³-hybridized carbons (Fsp3) is 0.385. The molecule has 1 aliphatic rings. The van der Waals surface area contributed by atoms with Gasteiger partial charge in [0.25, 0.3) is 0 Å². The van der Waals surface area contributed by atoms with Crippen LogP contribution >= 0.6 is 27.7 Å². The van der Waals surface area contributed by atoms with Gasteiger partial charge in [-0.15, -0.1) is 11.8 Å². The predicted octanol–water partition coefficient (Wildman–Crippen LogP) is 1.55. The van der Waals surface area contributed by atoms with E-state index in [9.17, 15) is 9.59 Å². The quantitative estimate of drug-likeness (QED) is 0.902. The number of primary amides is 1. The van der Waals surface area contributed by atoms with Crippen LogP contribution in [-0.4, -0.2) is 34.8 Å². The molecule has 0 saturated heterocycles. The molecule has 6 heteroatoms. The van der Waals surface area contributed by atoms with Crippen LogP contribution in [0.1, 0.15) is 11.1 Å². The summed E-state index contributed by atoms with van der Waals surface area (Å²) in [6.45, 7) is 1.37. The van der Waals surface area contributed by atoms with E-state index in [0.717, 1.165) is 17.4 Å². The second-order valence-corrected chi connectivity index (χ2v) is 6.24. The summed E-state index contributed by atoms with van der Waals surface area (Å²) in [6.07, 6.45) is 0.864. The standard InChI is InChI=1S/C13H15BrN2O2S/c14-11-3-1-2-9-6-16(5-4-10(9)11)13(18)8-19-7-12(15)17/h1-3H,4-8H2,(H2,15,17). The zero-order valence-corrected chi connectivity index (χ0v) is 12.8. The number of thioether (sulfide) groups is 1. The van der Waals surface area contributed by atoms with Crippen molar-refractivity contribution in [1.29, 1.82) is 0 Å². The van der Waals surface area contributed by atoms with Crippen molar-refractivity contribution in [3.05, 3.63) is 33.8 Å². The Morgan fingerprint density at radius 1 is 1.37 bits per heavy atom. The number of halogens is 1. The first-order valence-electron chi connectivity index (χ1n) is 5.98. The van der Waals surface area contributed by atoms with Gasteiger partial charge in [0.15, 0.2) is 0 Å². The first kappa shape index (κ1) is 14.4. The van der Waals surface area contributed by atoms with Gasteiger partial charge in [-0.25, -0.2) is 0 Å². The number of carbonyl (C=O) groups excluding carboxylic acids is 2. The van der Waals surface area contributed by atoms with E-state index in [4.69, 9.17) is 5.73 Å². The lowest BCUT2D eigenvalue weighted by molar-refractivity contribution is -0.129. The van der Waals surface area contributed by atoms with Crippen LogP contribution in [-0.2, 0) is 22.6 Å². The zero-order chi connectivity index (χ0) is 13.8. The van der Waals surface area contributed by atoms with Gasteiger partial charge in [0.05, 0.1) is 11.5 Å². The van der Waals surface area contributed by atoms with Crippen LogP contribution < -0.4 is 5.73 Å². The zero-order valence-electron chi connectivity index (χ0n) is 10.4. The van der Waals surface area contributed by atoms with Crippen molar-refractivity contribution in [3.8, 4) is 0 Å². The molecule has 1 aliphatic heterocycles. The van der Waals surface area contributed by atoms with Crippen molar-refractivity contribution >= 4 is 39.5 Å². The Morgan fingerprint density at radius 2 is 2.16 bits per heavy atom. The van der Waals surface area contributed by atoms with E-state index in [1.807, 2.05) is 17.0 Å². The van der Waals surface area contributed by atoms with E-state index in [0.29, 0.717) is 12.3 Å². The summed E-state index contributed by atoms with van der Waals surface area (Å²) >= 11 is 4.81. The molecule has 0 unspecified atom stereocenters. The number of nitrogens with two attached hydrogens (primary N) is 1. The fourth-order valence-electron chi connectivity index (χ4n) is 2.11. The minimum absolute atomic E-state index is 0.0666. The molecular formula is C13H15BrN2O2S. The van der Waals surface area contributed by atoms with Gasteiger partial charge < -0.3 is 10.6 Å². The summed E-state index contributed by atoms with van der Waals surface area (Å²) in [4.78, 5) is 24.5. The van der Waals surface area contributed by atoms with Gasteiger partial charge in [0.2, 0.25) is 11.8 Å². The highest BCUT2D eigenvalue weighted by Crippen LogP contribution is 2.26. The molecule has 2 rings (SSSR count). The van der Waals surface area contributed by atoms with Crippen LogP contribution in [0, 0.1) is 0 Å². The Bertz CT molecular complexity index is 507. The number of benzene rings is 1. The number of rotatable bonds is 4. The molecule has 0 radical (unpaired) electrons. The van der Waals surface area contributed by atoms with Crippen molar-refractivity contribution in [1.82, 2.24) is 4.90 Å². The third-order valence-corrected chi connectivity index (χ3v) is 4.71. The summed E-state index contributed by atoms with van der Waals surface area (Å²) in [5, 5.41) is 0. The lowest BCUT2D eigenvalue weighted by atomic mass is 10.00. The average molecular weight is 343 g/mol. The number of fused-ring (bicyclic) bond motifs is 1. The van der Waals surface area contributed by atoms with Crippen LogP contribution in [0.15, 0.2) is 22.7 Å². The molecule has 0 atom stereocenters. The maximum atomic E-state index is 12.0. The number of nitrogens with zero attached hydrogens (tertiary/aromatic N) is 1. The second kappa shape index (κ2) is 6.43. The monoisotopic (exact) mass is 342 g/mol. The SMILES string of the molecule is NC(=O)CSCC(=O)N1CCc2c(Br)cccc2C1. The highest BCUT2D eigenvalue weighted by atomic mass is 79.9. The van der Waals surface area contributed by atoms with Gasteiger partial charge in [-0.2, -0.15) is 0 Å². The van der Waals surface area contributed by atoms with E-state index in [-0.39, 0.29) is 17.6 Å². The Balaban J connectivity index is 1.94. The molecule has 2 N–H and O–H groups in total. The van der Waals surface area contributed by atoms with Gasteiger partial charge in [-0.3, -0.25) is 9.59 Å². The molecule has 1 heterocycles. The highest BCUT2D eigenvalue weighted by molar-refractivity contribution is 9.10. The molecule has 0 bridgehead atoms. The molecule has 0 aliphatic carbocycles. The minimum atomic E-state index is -0.384. The van der Waals surface area contributed by atoms with Crippen LogP contribution in [0.25, 0.3) is 0 Å². The fourth-order valence-corrected chi connectivity index (χ4v) is 3.37. The first-order valence-corrected chi connectivity index (χ1v) is 7.93.